The molecule has 2 heterocycles. The molecule has 0 radical (unpaired) electrons. The summed E-state index contributed by atoms with van der Waals surface area (Å²) in [6.07, 6.45) is 1.06. The molecule has 0 spiro atoms. The number of nitrogens with one attached hydrogen (secondary N) is 1. The molecular weight excluding hydrogens is 238 g/mol. The molecule has 0 fully saturated rings. The first kappa shape index (κ1) is 11.7. The Labute approximate surface area is 104 Å². The van der Waals surface area contributed by atoms with Gasteiger partial charge in [0.1, 0.15) is 0 Å². The second-order valence-electron chi connectivity index (χ2n) is 3.65. The Balaban J connectivity index is 1.71. The van der Waals surface area contributed by atoms with Gasteiger partial charge in [-0.2, -0.15) is 0 Å². The Morgan fingerprint density at radius 1 is 1.31 bits per heavy atom. The fourth-order valence-electron chi connectivity index (χ4n) is 1.47. The van der Waals surface area contributed by atoms with Crippen molar-refractivity contribution in [3.8, 4) is 0 Å². The Morgan fingerprint density at radius 2 is 2.19 bits per heavy atom. The SMILES string of the molecule is Cc1nc(CNCCc2scnc2C)cs1. The zero-order valence-corrected chi connectivity index (χ0v) is 11.1. The maximum Gasteiger partial charge on any atom is 0.0897 e. The molecule has 86 valence electrons. The summed E-state index contributed by atoms with van der Waals surface area (Å²) in [4.78, 5) is 10.0. The van der Waals surface area contributed by atoms with Gasteiger partial charge in [-0.15, -0.1) is 22.7 Å². The number of thiazole rings is 2. The molecule has 0 saturated carbocycles. The average Bonchev–Trinajstić information content (AvgIpc) is 2.83. The van der Waals surface area contributed by atoms with E-state index in [-0.39, 0.29) is 0 Å². The molecule has 2 aromatic rings. The minimum Gasteiger partial charge on any atom is -0.311 e. The molecule has 2 rings (SSSR count). The van der Waals surface area contributed by atoms with E-state index in [9.17, 15) is 0 Å². The number of aryl methyl sites for hydroxylation is 2. The minimum atomic E-state index is 0.863. The van der Waals surface area contributed by atoms with E-state index in [1.807, 2.05) is 12.4 Å². The summed E-state index contributed by atoms with van der Waals surface area (Å²) >= 11 is 3.44. The van der Waals surface area contributed by atoms with Gasteiger partial charge >= 0.3 is 0 Å². The van der Waals surface area contributed by atoms with Crippen LogP contribution in [-0.2, 0) is 13.0 Å². The first-order valence-corrected chi connectivity index (χ1v) is 7.02. The van der Waals surface area contributed by atoms with Crippen molar-refractivity contribution in [2.24, 2.45) is 0 Å². The van der Waals surface area contributed by atoms with Gasteiger partial charge in [0.15, 0.2) is 0 Å². The van der Waals surface area contributed by atoms with Crippen molar-refractivity contribution in [1.82, 2.24) is 15.3 Å². The third kappa shape index (κ3) is 3.10. The second kappa shape index (κ2) is 5.52. The van der Waals surface area contributed by atoms with Gasteiger partial charge in [-0.25, -0.2) is 9.97 Å². The van der Waals surface area contributed by atoms with Crippen molar-refractivity contribution in [3.63, 3.8) is 0 Å². The third-order valence-electron chi connectivity index (χ3n) is 2.35. The van der Waals surface area contributed by atoms with Crippen LogP contribution in [0.2, 0.25) is 0 Å². The van der Waals surface area contributed by atoms with Crippen LogP contribution in [0.5, 0.6) is 0 Å². The largest absolute Gasteiger partial charge is 0.311 e. The summed E-state index contributed by atoms with van der Waals surface area (Å²) in [6, 6.07) is 0. The topological polar surface area (TPSA) is 37.8 Å². The maximum absolute atomic E-state index is 4.41. The van der Waals surface area contributed by atoms with Gasteiger partial charge in [0, 0.05) is 23.3 Å². The van der Waals surface area contributed by atoms with Gasteiger partial charge in [-0.3, -0.25) is 0 Å². The van der Waals surface area contributed by atoms with E-state index in [1.54, 1.807) is 22.7 Å². The van der Waals surface area contributed by atoms with Gasteiger partial charge < -0.3 is 5.32 Å². The highest BCUT2D eigenvalue weighted by atomic mass is 32.1. The van der Waals surface area contributed by atoms with Gasteiger partial charge in [0.05, 0.1) is 21.9 Å². The van der Waals surface area contributed by atoms with Gasteiger partial charge in [-0.05, 0) is 20.3 Å². The molecule has 0 unspecified atom stereocenters. The summed E-state index contributed by atoms with van der Waals surface area (Å²) in [6.45, 7) is 5.95. The number of nitrogens with zero attached hydrogens (tertiary/aromatic N) is 2. The van der Waals surface area contributed by atoms with E-state index in [2.05, 4.69) is 27.6 Å². The number of hydrogen-bond acceptors (Lipinski definition) is 5. The molecule has 1 N–H and O–H groups in total. The summed E-state index contributed by atoms with van der Waals surface area (Å²) in [7, 11) is 0. The lowest BCUT2D eigenvalue weighted by molar-refractivity contribution is 0.678. The van der Waals surface area contributed by atoms with Crippen LogP contribution in [0, 0.1) is 13.8 Å². The molecule has 16 heavy (non-hydrogen) atoms. The molecule has 0 atom stereocenters. The van der Waals surface area contributed by atoms with Crippen LogP contribution >= 0.6 is 22.7 Å². The molecule has 0 aromatic carbocycles. The Hall–Kier alpha value is -0.780. The van der Waals surface area contributed by atoms with Crippen LogP contribution in [0.4, 0.5) is 0 Å². The smallest absolute Gasteiger partial charge is 0.0897 e. The van der Waals surface area contributed by atoms with Crippen molar-refractivity contribution in [2.45, 2.75) is 26.8 Å². The molecule has 0 bridgehead atoms. The van der Waals surface area contributed by atoms with E-state index in [4.69, 9.17) is 0 Å². The number of aromatic nitrogens is 2. The van der Waals surface area contributed by atoms with E-state index in [0.717, 1.165) is 35.9 Å². The molecule has 5 heteroatoms. The van der Waals surface area contributed by atoms with Crippen molar-refractivity contribution < 1.29 is 0 Å². The molecule has 0 aliphatic carbocycles. The highest BCUT2D eigenvalue weighted by molar-refractivity contribution is 7.09. The quantitative estimate of drug-likeness (QED) is 0.832. The van der Waals surface area contributed by atoms with Crippen LogP contribution in [0.25, 0.3) is 0 Å². The van der Waals surface area contributed by atoms with Crippen molar-refractivity contribution >= 4 is 22.7 Å². The van der Waals surface area contributed by atoms with Crippen molar-refractivity contribution in [1.29, 1.82) is 0 Å². The predicted molar refractivity (Wildman–Crippen MR) is 69.1 cm³/mol. The lowest BCUT2D eigenvalue weighted by Crippen LogP contribution is -2.16. The zero-order chi connectivity index (χ0) is 11.4. The minimum absolute atomic E-state index is 0.863. The van der Waals surface area contributed by atoms with Gasteiger partial charge in [-0.1, -0.05) is 0 Å². The van der Waals surface area contributed by atoms with E-state index in [0.29, 0.717) is 0 Å². The average molecular weight is 253 g/mol. The zero-order valence-electron chi connectivity index (χ0n) is 9.49. The van der Waals surface area contributed by atoms with Crippen LogP contribution in [0.1, 0.15) is 21.3 Å². The summed E-state index contributed by atoms with van der Waals surface area (Å²) < 4.78 is 0. The van der Waals surface area contributed by atoms with E-state index >= 15 is 0 Å². The highest BCUT2D eigenvalue weighted by Crippen LogP contribution is 2.12. The highest BCUT2D eigenvalue weighted by Gasteiger charge is 2.01. The molecular formula is C11H15N3S2. The molecule has 0 aliphatic heterocycles. The Bertz CT molecular complexity index is 448. The summed E-state index contributed by atoms with van der Waals surface area (Å²) in [5.41, 5.74) is 4.22. The second-order valence-corrected chi connectivity index (χ2v) is 5.65. The molecule has 0 saturated heterocycles. The summed E-state index contributed by atoms with van der Waals surface area (Å²) in [5.74, 6) is 0. The maximum atomic E-state index is 4.41. The van der Waals surface area contributed by atoms with Crippen LogP contribution in [-0.4, -0.2) is 16.5 Å². The van der Waals surface area contributed by atoms with Crippen LogP contribution in [0.15, 0.2) is 10.9 Å². The van der Waals surface area contributed by atoms with Gasteiger partial charge in [0.2, 0.25) is 0 Å². The van der Waals surface area contributed by atoms with E-state index in [1.165, 1.54) is 4.88 Å². The predicted octanol–water partition coefficient (Wildman–Crippen LogP) is 2.55. The Kier molecular flexibility index (Phi) is 4.04. The molecule has 3 nitrogen and oxygen atoms in total. The van der Waals surface area contributed by atoms with Gasteiger partial charge in [0.25, 0.3) is 0 Å². The Morgan fingerprint density at radius 3 is 2.81 bits per heavy atom. The normalized spacial score (nSPS) is 10.9. The van der Waals surface area contributed by atoms with Crippen molar-refractivity contribution in [2.75, 3.05) is 6.54 Å². The standard InChI is InChI=1S/C11H15N3S2/c1-8-11(16-7-13-8)3-4-12-5-10-6-15-9(2)14-10/h6-7,12H,3-5H2,1-2H3. The third-order valence-corrected chi connectivity index (χ3v) is 4.16. The lowest BCUT2D eigenvalue weighted by atomic mass is 10.3. The lowest BCUT2D eigenvalue weighted by Gasteiger charge is -2.01. The first-order valence-electron chi connectivity index (χ1n) is 5.26. The van der Waals surface area contributed by atoms with Crippen LogP contribution < -0.4 is 5.32 Å². The fourth-order valence-corrected chi connectivity index (χ4v) is 2.87. The fraction of sp³-hybridized carbons (Fsp3) is 0.455. The molecule has 0 amide bonds. The van der Waals surface area contributed by atoms with E-state index < -0.39 is 0 Å². The van der Waals surface area contributed by atoms with Crippen molar-refractivity contribution in [3.05, 3.63) is 32.2 Å². The molecule has 2 aromatic heterocycles. The monoisotopic (exact) mass is 253 g/mol. The number of rotatable bonds is 5. The first-order chi connectivity index (χ1) is 7.75. The summed E-state index contributed by atoms with van der Waals surface area (Å²) in [5, 5.41) is 6.65. The number of hydrogen-bond donors (Lipinski definition) is 1. The molecule has 0 aliphatic rings. The van der Waals surface area contributed by atoms with Crippen LogP contribution in [0.3, 0.4) is 0 Å².